The Hall–Kier alpha value is -1.12. The molecule has 0 bridgehead atoms. The number of rotatable bonds is 5. The summed E-state index contributed by atoms with van der Waals surface area (Å²) >= 11 is 5.50. The number of aliphatic hydroxyl groups is 2. The maximum absolute atomic E-state index is 12.5. The molecule has 0 unspecified atom stereocenters. The van der Waals surface area contributed by atoms with Gasteiger partial charge in [-0.05, 0) is 0 Å². The van der Waals surface area contributed by atoms with Gasteiger partial charge in [-0.3, -0.25) is 0 Å². The summed E-state index contributed by atoms with van der Waals surface area (Å²) in [6, 6.07) is 1.14. The number of aromatic nitrogens is 2. The third-order valence-corrected chi connectivity index (χ3v) is 2.19. The van der Waals surface area contributed by atoms with Crippen LogP contribution in [0.25, 0.3) is 0 Å². The van der Waals surface area contributed by atoms with Crippen LogP contribution in [-0.2, 0) is 6.18 Å². The van der Waals surface area contributed by atoms with Crippen LogP contribution in [0, 0.1) is 0 Å². The second-order valence-corrected chi connectivity index (χ2v) is 3.69. The Kier molecular flexibility index (Phi) is 5.12. The van der Waals surface area contributed by atoms with Gasteiger partial charge in [-0.2, -0.15) is 13.2 Å². The van der Waals surface area contributed by atoms with Gasteiger partial charge in [0.1, 0.15) is 11.0 Å². The summed E-state index contributed by atoms with van der Waals surface area (Å²) in [6.07, 6.45) is -4.70. The van der Waals surface area contributed by atoms with Crippen LogP contribution in [0.2, 0.25) is 5.15 Å². The first-order valence-electron chi connectivity index (χ1n) is 4.97. The average molecular weight is 286 g/mol. The number of nitrogens with zero attached hydrogens (tertiary/aromatic N) is 3. The minimum Gasteiger partial charge on any atom is -0.395 e. The van der Waals surface area contributed by atoms with Crippen molar-refractivity contribution in [2.75, 3.05) is 31.2 Å². The predicted octanol–water partition coefficient (Wildman–Crippen LogP) is 0.940. The largest absolute Gasteiger partial charge is 0.451 e. The van der Waals surface area contributed by atoms with Crippen molar-refractivity contribution in [3.8, 4) is 0 Å². The van der Waals surface area contributed by atoms with E-state index in [2.05, 4.69) is 9.97 Å². The van der Waals surface area contributed by atoms with E-state index in [0.717, 1.165) is 6.07 Å². The molecule has 0 aromatic carbocycles. The molecule has 0 saturated heterocycles. The highest BCUT2D eigenvalue weighted by molar-refractivity contribution is 6.29. The van der Waals surface area contributed by atoms with Gasteiger partial charge >= 0.3 is 6.18 Å². The molecule has 9 heteroatoms. The van der Waals surface area contributed by atoms with Crippen molar-refractivity contribution in [3.05, 3.63) is 17.0 Å². The molecule has 1 aromatic heterocycles. The van der Waals surface area contributed by atoms with Gasteiger partial charge in [0.2, 0.25) is 5.82 Å². The Morgan fingerprint density at radius 3 is 2.17 bits per heavy atom. The molecule has 1 rings (SSSR count). The first kappa shape index (κ1) is 14.9. The lowest BCUT2D eigenvalue weighted by Gasteiger charge is -2.22. The van der Waals surface area contributed by atoms with Gasteiger partial charge < -0.3 is 15.1 Å². The molecule has 0 aliphatic heterocycles. The lowest BCUT2D eigenvalue weighted by molar-refractivity contribution is -0.144. The van der Waals surface area contributed by atoms with Crippen LogP contribution >= 0.6 is 11.6 Å². The lowest BCUT2D eigenvalue weighted by Crippen LogP contribution is -2.31. The summed E-state index contributed by atoms with van der Waals surface area (Å²) in [5, 5.41) is 17.2. The fourth-order valence-corrected chi connectivity index (χ4v) is 1.45. The molecular formula is C9H11ClF3N3O2. The van der Waals surface area contributed by atoms with E-state index in [-0.39, 0.29) is 37.3 Å². The van der Waals surface area contributed by atoms with Crippen LogP contribution in [0.15, 0.2) is 6.07 Å². The predicted molar refractivity (Wildman–Crippen MR) is 58.4 cm³/mol. The summed E-state index contributed by atoms with van der Waals surface area (Å²) in [5.41, 5.74) is 0. The lowest BCUT2D eigenvalue weighted by atomic mass is 10.4. The molecule has 0 spiro atoms. The van der Waals surface area contributed by atoms with E-state index in [1.54, 1.807) is 0 Å². The molecule has 0 aliphatic rings. The molecule has 0 fully saturated rings. The first-order chi connectivity index (χ1) is 8.38. The van der Waals surface area contributed by atoms with E-state index in [9.17, 15) is 13.2 Å². The number of hydrogen-bond acceptors (Lipinski definition) is 5. The second kappa shape index (κ2) is 6.17. The van der Waals surface area contributed by atoms with Crippen LogP contribution in [0.5, 0.6) is 0 Å². The van der Waals surface area contributed by atoms with E-state index >= 15 is 0 Å². The van der Waals surface area contributed by atoms with Gasteiger partial charge in [-0.1, -0.05) is 11.6 Å². The Labute approximate surface area is 106 Å². The molecule has 0 atom stereocenters. The second-order valence-electron chi connectivity index (χ2n) is 3.30. The van der Waals surface area contributed by atoms with Crippen LogP contribution in [0.4, 0.5) is 19.0 Å². The fourth-order valence-electron chi connectivity index (χ4n) is 1.28. The smallest absolute Gasteiger partial charge is 0.395 e. The van der Waals surface area contributed by atoms with Crippen molar-refractivity contribution in [2.45, 2.75) is 6.18 Å². The minimum absolute atomic E-state index is 0.0329. The molecule has 18 heavy (non-hydrogen) atoms. The Bertz CT molecular complexity index is 397. The molecule has 5 nitrogen and oxygen atoms in total. The highest BCUT2D eigenvalue weighted by Gasteiger charge is 2.35. The standard InChI is InChI=1S/C9H11ClF3N3O2/c10-6-5-7(16(1-3-17)2-4-18)15-8(14-6)9(11,12)13/h5,17-18H,1-4H2. The van der Waals surface area contributed by atoms with Crippen LogP contribution in [0.3, 0.4) is 0 Å². The highest BCUT2D eigenvalue weighted by Crippen LogP contribution is 2.29. The molecular weight excluding hydrogens is 275 g/mol. The Morgan fingerprint density at radius 1 is 1.17 bits per heavy atom. The molecule has 0 amide bonds. The minimum atomic E-state index is -4.70. The van der Waals surface area contributed by atoms with E-state index < -0.39 is 12.0 Å². The van der Waals surface area contributed by atoms with Gasteiger partial charge in [0, 0.05) is 19.2 Å². The van der Waals surface area contributed by atoms with Gasteiger partial charge in [-0.15, -0.1) is 0 Å². The van der Waals surface area contributed by atoms with Gasteiger partial charge in [0.05, 0.1) is 13.2 Å². The maximum Gasteiger partial charge on any atom is 0.451 e. The van der Waals surface area contributed by atoms with Crippen molar-refractivity contribution in [1.29, 1.82) is 0 Å². The van der Waals surface area contributed by atoms with E-state index in [4.69, 9.17) is 21.8 Å². The third-order valence-electron chi connectivity index (χ3n) is 2.00. The monoisotopic (exact) mass is 285 g/mol. The number of alkyl halides is 3. The summed E-state index contributed by atoms with van der Waals surface area (Å²) in [5.74, 6) is -1.45. The Balaban J connectivity index is 3.10. The third kappa shape index (κ3) is 3.97. The molecule has 1 heterocycles. The molecule has 0 saturated carbocycles. The number of aliphatic hydroxyl groups excluding tert-OH is 2. The molecule has 0 radical (unpaired) electrons. The number of halogens is 4. The van der Waals surface area contributed by atoms with Crippen LogP contribution < -0.4 is 4.90 Å². The normalized spacial score (nSPS) is 11.7. The molecule has 1 aromatic rings. The van der Waals surface area contributed by atoms with Crippen molar-refractivity contribution >= 4 is 17.4 Å². The summed E-state index contributed by atoms with van der Waals surface area (Å²) in [4.78, 5) is 7.69. The topological polar surface area (TPSA) is 69.5 Å². The fraction of sp³-hybridized carbons (Fsp3) is 0.556. The number of hydrogen-bond donors (Lipinski definition) is 2. The number of anilines is 1. The zero-order valence-electron chi connectivity index (χ0n) is 9.15. The van der Waals surface area contributed by atoms with Crippen molar-refractivity contribution in [1.82, 2.24) is 9.97 Å². The van der Waals surface area contributed by atoms with Crippen molar-refractivity contribution in [2.24, 2.45) is 0 Å². The highest BCUT2D eigenvalue weighted by atomic mass is 35.5. The average Bonchev–Trinajstić information content (AvgIpc) is 2.27. The maximum atomic E-state index is 12.5. The molecule has 0 aliphatic carbocycles. The van der Waals surface area contributed by atoms with Gasteiger partial charge in [-0.25, -0.2) is 9.97 Å². The van der Waals surface area contributed by atoms with E-state index in [1.807, 2.05) is 0 Å². The summed E-state index contributed by atoms with van der Waals surface area (Å²) in [6.45, 7) is -0.512. The van der Waals surface area contributed by atoms with E-state index in [0.29, 0.717) is 0 Å². The quantitative estimate of drug-likeness (QED) is 0.788. The van der Waals surface area contributed by atoms with Crippen molar-refractivity contribution < 1.29 is 23.4 Å². The zero-order chi connectivity index (χ0) is 13.8. The Morgan fingerprint density at radius 2 is 1.72 bits per heavy atom. The van der Waals surface area contributed by atoms with Crippen LogP contribution in [0.1, 0.15) is 5.82 Å². The SMILES string of the molecule is OCCN(CCO)c1cc(Cl)nc(C(F)(F)F)n1. The van der Waals surface area contributed by atoms with Crippen LogP contribution in [-0.4, -0.2) is 46.5 Å². The van der Waals surface area contributed by atoms with E-state index in [1.165, 1.54) is 4.90 Å². The molecule has 2 N–H and O–H groups in total. The summed E-state index contributed by atoms with van der Waals surface area (Å²) in [7, 11) is 0. The zero-order valence-corrected chi connectivity index (χ0v) is 9.91. The van der Waals surface area contributed by atoms with Gasteiger partial charge in [0.15, 0.2) is 0 Å². The first-order valence-corrected chi connectivity index (χ1v) is 5.34. The van der Waals surface area contributed by atoms with Gasteiger partial charge in [0.25, 0.3) is 0 Å². The molecule has 102 valence electrons. The van der Waals surface area contributed by atoms with Crippen molar-refractivity contribution in [3.63, 3.8) is 0 Å². The summed E-state index contributed by atoms with van der Waals surface area (Å²) < 4.78 is 37.4.